The molecule has 1 rings (SSSR count). The van der Waals surface area contributed by atoms with E-state index in [1.807, 2.05) is 4.98 Å². The molecule has 0 spiro atoms. The maximum absolute atomic E-state index is 11.7. The highest BCUT2D eigenvalue weighted by Gasteiger charge is 2.14. The first kappa shape index (κ1) is 14.3. The fourth-order valence-electron chi connectivity index (χ4n) is 1.23. The second kappa shape index (κ2) is 5.71. The summed E-state index contributed by atoms with van der Waals surface area (Å²) < 4.78 is 0.961. The highest BCUT2D eigenvalue weighted by atomic mass is 32.1. The van der Waals surface area contributed by atoms with E-state index < -0.39 is 23.0 Å². The molecule has 1 unspecified atom stereocenters. The van der Waals surface area contributed by atoms with Gasteiger partial charge >= 0.3 is 23.0 Å². The molecule has 0 bridgehead atoms. The van der Waals surface area contributed by atoms with Crippen molar-refractivity contribution in [2.45, 2.75) is 32.1 Å². The van der Waals surface area contributed by atoms with Gasteiger partial charge in [0.25, 0.3) is 0 Å². The molecule has 0 amide bonds. The number of aromatic nitrogens is 3. The molecule has 0 saturated carbocycles. The minimum Gasteiger partial charge on any atom is -0.327 e. The van der Waals surface area contributed by atoms with E-state index in [-0.39, 0.29) is 22.9 Å². The number of hydrogen-bond donors (Lipinski definition) is 2. The Morgan fingerprint density at radius 2 is 2.00 bits per heavy atom. The third kappa shape index (κ3) is 3.13. The average Bonchev–Trinajstić information content (AvgIpc) is 2.23. The summed E-state index contributed by atoms with van der Waals surface area (Å²) in [6.07, 6.45) is -0.0692. The molecule has 0 aromatic carbocycles. The summed E-state index contributed by atoms with van der Waals surface area (Å²) in [5.74, 6) is -0.786. The Balaban J connectivity index is 3.18. The van der Waals surface area contributed by atoms with Crippen LogP contribution in [0.5, 0.6) is 0 Å². The molecule has 0 aliphatic carbocycles. The zero-order valence-electron chi connectivity index (χ0n) is 9.87. The van der Waals surface area contributed by atoms with E-state index in [1.54, 1.807) is 13.8 Å². The van der Waals surface area contributed by atoms with Gasteiger partial charge in [-0.1, -0.05) is 11.7 Å². The lowest BCUT2D eigenvalue weighted by atomic mass is 10.3. The number of carbonyl (C=O) groups excluding carboxylic acids is 1. The summed E-state index contributed by atoms with van der Waals surface area (Å²) in [5, 5.41) is -0.274. The Kier molecular flexibility index (Phi) is 4.54. The van der Waals surface area contributed by atoms with Crippen molar-refractivity contribution in [3.05, 3.63) is 31.5 Å². The number of thiol groups is 1. The number of aromatic amines is 1. The topological polar surface area (TPSA) is 103 Å². The summed E-state index contributed by atoms with van der Waals surface area (Å²) in [4.78, 5) is 52.1. The molecule has 1 aromatic rings. The van der Waals surface area contributed by atoms with Crippen molar-refractivity contribution < 1.29 is 9.63 Å². The van der Waals surface area contributed by atoms with Crippen LogP contribution in [-0.4, -0.2) is 25.5 Å². The average molecular weight is 275 g/mol. The predicted molar refractivity (Wildman–Crippen MR) is 65.9 cm³/mol. The van der Waals surface area contributed by atoms with Gasteiger partial charge in [0, 0.05) is 11.8 Å². The molecule has 18 heavy (non-hydrogen) atoms. The smallest absolute Gasteiger partial charge is 0.327 e. The molecule has 8 nitrogen and oxygen atoms in total. The van der Waals surface area contributed by atoms with Crippen molar-refractivity contribution in [3.8, 4) is 0 Å². The molecule has 0 fully saturated rings. The first-order valence-electron chi connectivity index (χ1n) is 5.22. The summed E-state index contributed by atoms with van der Waals surface area (Å²) in [7, 11) is 0. The first-order chi connectivity index (χ1) is 8.36. The zero-order chi connectivity index (χ0) is 13.9. The maximum atomic E-state index is 11.7. The van der Waals surface area contributed by atoms with E-state index in [0.29, 0.717) is 0 Å². The lowest BCUT2D eigenvalue weighted by Gasteiger charge is -2.07. The number of nitrogens with zero attached hydrogens (tertiary/aromatic N) is 2. The number of carbonyl (C=O) groups is 1. The Labute approximate surface area is 107 Å². The van der Waals surface area contributed by atoms with Crippen LogP contribution in [0.25, 0.3) is 0 Å². The molecule has 0 aliphatic heterocycles. The molecule has 0 radical (unpaired) electrons. The van der Waals surface area contributed by atoms with E-state index in [4.69, 9.17) is 0 Å². The SMILES string of the molecule is CCn1c(=O)[nH]c(=O)n(OC(=O)CC(C)S)c1=O. The molecule has 100 valence electrons. The minimum absolute atomic E-state index is 0.0506. The van der Waals surface area contributed by atoms with Crippen LogP contribution in [0.15, 0.2) is 14.4 Å². The highest BCUT2D eigenvalue weighted by molar-refractivity contribution is 7.80. The standard InChI is InChI=1S/C9H13N3O5S/c1-3-11-7(14)10-8(15)12(9(11)16)17-6(13)4-5(2)18/h5,18H,3-4H2,1-2H3,(H,10,14,15). The van der Waals surface area contributed by atoms with Gasteiger partial charge in [0.15, 0.2) is 0 Å². The van der Waals surface area contributed by atoms with Crippen LogP contribution in [0.2, 0.25) is 0 Å². The molecule has 1 heterocycles. The molecule has 0 aliphatic rings. The van der Waals surface area contributed by atoms with Gasteiger partial charge in [-0.15, -0.1) is 0 Å². The fourth-order valence-corrected chi connectivity index (χ4v) is 1.38. The van der Waals surface area contributed by atoms with Crippen LogP contribution in [0, 0.1) is 0 Å². The molecule has 1 aromatic heterocycles. The predicted octanol–water partition coefficient (Wildman–Crippen LogP) is -1.62. The first-order valence-corrected chi connectivity index (χ1v) is 5.73. The van der Waals surface area contributed by atoms with Crippen LogP contribution in [0.4, 0.5) is 0 Å². The Hall–Kier alpha value is -1.77. The molecule has 9 heteroatoms. The fraction of sp³-hybridized carbons (Fsp3) is 0.556. The van der Waals surface area contributed by atoms with Gasteiger partial charge in [-0.25, -0.2) is 23.7 Å². The Morgan fingerprint density at radius 3 is 2.50 bits per heavy atom. The largest absolute Gasteiger partial charge is 0.370 e. The maximum Gasteiger partial charge on any atom is 0.370 e. The quantitative estimate of drug-likeness (QED) is 0.643. The molecule has 1 atom stereocenters. The molecule has 0 saturated heterocycles. The number of hydrogen-bond acceptors (Lipinski definition) is 6. The second-order valence-electron chi connectivity index (χ2n) is 3.57. The minimum atomic E-state index is -1.09. The van der Waals surface area contributed by atoms with Gasteiger partial charge in [-0.3, -0.25) is 4.98 Å². The monoisotopic (exact) mass is 275 g/mol. The van der Waals surface area contributed by atoms with Crippen molar-refractivity contribution in [1.82, 2.24) is 14.3 Å². The highest BCUT2D eigenvalue weighted by Crippen LogP contribution is 1.98. The Morgan fingerprint density at radius 1 is 1.39 bits per heavy atom. The van der Waals surface area contributed by atoms with Gasteiger partial charge in [0.2, 0.25) is 0 Å². The van der Waals surface area contributed by atoms with Crippen molar-refractivity contribution >= 4 is 18.6 Å². The number of H-pyrrole nitrogens is 1. The van der Waals surface area contributed by atoms with E-state index >= 15 is 0 Å². The van der Waals surface area contributed by atoms with Crippen molar-refractivity contribution in [2.75, 3.05) is 0 Å². The van der Waals surface area contributed by atoms with Gasteiger partial charge in [0.05, 0.1) is 6.42 Å². The third-order valence-electron chi connectivity index (χ3n) is 2.02. The van der Waals surface area contributed by atoms with Crippen LogP contribution in [-0.2, 0) is 11.3 Å². The second-order valence-corrected chi connectivity index (χ2v) is 4.45. The number of rotatable bonds is 4. The van der Waals surface area contributed by atoms with Gasteiger partial charge in [0.1, 0.15) is 0 Å². The summed E-state index contributed by atoms with van der Waals surface area (Å²) >= 11 is 3.98. The van der Waals surface area contributed by atoms with E-state index in [9.17, 15) is 19.2 Å². The van der Waals surface area contributed by atoms with Gasteiger partial charge in [-0.2, -0.15) is 12.6 Å². The van der Waals surface area contributed by atoms with Gasteiger partial charge < -0.3 is 4.84 Å². The van der Waals surface area contributed by atoms with Crippen LogP contribution in [0.1, 0.15) is 20.3 Å². The summed E-state index contributed by atoms with van der Waals surface area (Å²) in [6, 6.07) is 0. The lowest BCUT2D eigenvalue weighted by Crippen LogP contribution is -2.52. The normalized spacial score (nSPS) is 12.2. The number of nitrogens with one attached hydrogen (secondary N) is 1. The van der Waals surface area contributed by atoms with E-state index in [1.165, 1.54) is 0 Å². The van der Waals surface area contributed by atoms with E-state index in [0.717, 1.165) is 4.57 Å². The molecular weight excluding hydrogens is 262 g/mol. The van der Waals surface area contributed by atoms with Crippen molar-refractivity contribution in [3.63, 3.8) is 0 Å². The third-order valence-corrected chi connectivity index (χ3v) is 2.20. The molecule has 1 N–H and O–H groups in total. The van der Waals surface area contributed by atoms with E-state index in [2.05, 4.69) is 17.5 Å². The van der Waals surface area contributed by atoms with Crippen molar-refractivity contribution in [2.24, 2.45) is 0 Å². The lowest BCUT2D eigenvalue weighted by molar-refractivity contribution is -0.145. The zero-order valence-corrected chi connectivity index (χ0v) is 10.8. The summed E-state index contributed by atoms with van der Waals surface area (Å²) in [6.45, 7) is 3.25. The molecular formula is C9H13N3O5S. The van der Waals surface area contributed by atoms with Crippen LogP contribution < -0.4 is 21.9 Å². The van der Waals surface area contributed by atoms with Crippen LogP contribution in [0.3, 0.4) is 0 Å². The summed E-state index contributed by atoms with van der Waals surface area (Å²) in [5.41, 5.74) is -2.93. The Bertz CT molecular complexity index is 612. The van der Waals surface area contributed by atoms with Crippen molar-refractivity contribution in [1.29, 1.82) is 0 Å². The van der Waals surface area contributed by atoms with Gasteiger partial charge in [-0.05, 0) is 6.92 Å². The van der Waals surface area contributed by atoms with Crippen LogP contribution >= 0.6 is 12.6 Å².